The van der Waals surface area contributed by atoms with Crippen molar-refractivity contribution in [2.45, 2.75) is 6.92 Å². The molecule has 0 aliphatic rings. The van der Waals surface area contributed by atoms with Crippen LogP contribution in [0.25, 0.3) is 0 Å². The van der Waals surface area contributed by atoms with Crippen molar-refractivity contribution in [2.24, 2.45) is 0 Å². The number of nitrogens with one attached hydrogen (secondary N) is 1. The van der Waals surface area contributed by atoms with Crippen LogP contribution in [0.1, 0.15) is 6.92 Å². The average molecular weight is 288 g/mol. The van der Waals surface area contributed by atoms with Crippen LogP contribution in [0.5, 0.6) is 5.75 Å². The molecular weight excluding hydrogens is 272 g/mol. The average Bonchev–Trinajstić information content (AvgIpc) is 2.27. The van der Waals surface area contributed by atoms with Gasteiger partial charge in [-0.15, -0.1) is 0 Å². The highest BCUT2D eigenvalue weighted by molar-refractivity contribution is 7.90. The number of nitrogens with zero attached hydrogens (tertiary/aromatic N) is 1. The zero-order valence-corrected chi connectivity index (χ0v) is 11.6. The van der Waals surface area contributed by atoms with Gasteiger partial charge in [-0.05, 0) is 13.0 Å². The molecule has 0 aliphatic carbocycles. The molecular formula is C11H16N2O5S. The lowest BCUT2D eigenvalue weighted by Gasteiger charge is -2.09. The molecule has 19 heavy (non-hydrogen) atoms. The first-order valence-electron chi connectivity index (χ1n) is 5.66. The number of anilines is 1. The molecule has 1 N–H and O–H groups in total. The van der Waals surface area contributed by atoms with Crippen LogP contribution in [0.3, 0.4) is 0 Å². The minimum atomic E-state index is -3.04. The largest absolute Gasteiger partial charge is 0.487 e. The molecule has 106 valence electrons. The summed E-state index contributed by atoms with van der Waals surface area (Å²) in [6, 6.07) is 4.33. The molecule has 0 radical (unpaired) electrons. The van der Waals surface area contributed by atoms with Crippen molar-refractivity contribution in [3.8, 4) is 5.75 Å². The standard InChI is InChI=1S/C11H16N2O5S/c1-3-18-11-8-9(4-5-10(11)13(14)15)12-6-7-19(2,16)17/h4-5,8,12H,3,6-7H2,1-2H3. The zero-order valence-electron chi connectivity index (χ0n) is 10.8. The van der Waals surface area contributed by atoms with E-state index in [1.807, 2.05) is 0 Å². The molecule has 0 aromatic heterocycles. The quantitative estimate of drug-likeness (QED) is 0.602. The number of hydrogen-bond donors (Lipinski definition) is 1. The van der Waals surface area contributed by atoms with Gasteiger partial charge in [0.15, 0.2) is 5.75 Å². The van der Waals surface area contributed by atoms with Gasteiger partial charge in [0.2, 0.25) is 0 Å². The van der Waals surface area contributed by atoms with Gasteiger partial charge in [-0.1, -0.05) is 0 Å². The van der Waals surface area contributed by atoms with Crippen LogP contribution in [0.4, 0.5) is 11.4 Å². The van der Waals surface area contributed by atoms with Crippen molar-refractivity contribution in [1.29, 1.82) is 0 Å². The Hall–Kier alpha value is -1.83. The molecule has 0 atom stereocenters. The van der Waals surface area contributed by atoms with Crippen LogP contribution in [-0.4, -0.2) is 38.5 Å². The predicted octanol–water partition coefficient (Wildman–Crippen LogP) is 1.45. The number of sulfone groups is 1. The van der Waals surface area contributed by atoms with Gasteiger partial charge < -0.3 is 10.1 Å². The predicted molar refractivity (Wildman–Crippen MR) is 72.5 cm³/mol. The second-order valence-corrected chi connectivity index (χ2v) is 6.19. The van der Waals surface area contributed by atoms with E-state index in [2.05, 4.69) is 5.32 Å². The van der Waals surface area contributed by atoms with Gasteiger partial charge in [0.1, 0.15) is 9.84 Å². The van der Waals surface area contributed by atoms with E-state index in [4.69, 9.17) is 4.74 Å². The maximum Gasteiger partial charge on any atom is 0.311 e. The SMILES string of the molecule is CCOc1cc(NCCS(C)(=O)=O)ccc1[N+](=O)[O-]. The van der Waals surface area contributed by atoms with Crippen molar-refractivity contribution >= 4 is 21.2 Å². The summed E-state index contributed by atoms with van der Waals surface area (Å²) in [6.07, 6.45) is 1.15. The number of nitro groups is 1. The molecule has 0 unspecified atom stereocenters. The van der Waals surface area contributed by atoms with Crippen molar-refractivity contribution in [2.75, 3.05) is 30.5 Å². The number of ether oxygens (including phenoxy) is 1. The first-order valence-corrected chi connectivity index (χ1v) is 7.72. The molecule has 0 saturated carbocycles. The summed E-state index contributed by atoms with van der Waals surface area (Å²) >= 11 is 0. The third-order valence-corrected chi connectivity index (χ3v) is 3.20. The molecule has 1 rings (SSSR count). The lowest BCUT2D eigenvalue weighted by molar-refractivity contribution is -0.385. The molecule has 0 spiro atoms. The first-order chi connectivity index (χ1) is 8.83. The molecule has 0 saturated heterocycles. The van der Waals surface area contributed by atoms with Crippen LogP contribution in [0.15, 0.2) is 18.2 Å². The molecule has 1 aromatic rings. The van der Waals surface area contributed by atoms with E-state index in [1.165, 1.54) is 18.2 Å². The third-order valence-electron chi connectivity index (χ3n) is 2.26. The molecule has 0 aliphatic heterocycles. The fourth-order valence-corrected chi connectivity index (χ4v) is 1.90. The fraction of sp³-hybridized carbons (Fsp3) is 0.455. The van der Waals surface area contributed by atoms with E-state index in [9.17, 15) is 18.5 Å². The molecule has 0 fully saturated rings. The highest BCUT2D eigenvalue weighted by atomic mass is 32.2. The lowest BCUT2D eigenvalue weighted by atomic mass is 10.2. The number of rotatable bonds is 7. The Kier molecular flexibility index (Phi) is 5.11. The summed E-state index contributed by atoms with van der Waals surface area (Å²) in [5.74, 6) is 0.158. The highest BCUT2D eigenvalue weighted by Crippen LogP contribution is 2.29. The summed E-state index contributed by atoms with van der Waals surface area (Å²) in [4.78, 5) is 10.3. The van der Waals surface area contributed by atoms with E-state index < -0.39 is 14.8 Å². The van der Waals surface area contributed by atoms with Crippen LogP contribution in [0, 0.1) is 10.1 Å². The normalized spacial score (nSPS) is 11.1. The smallest absolute Gasteiger partial charge is 0.311 e. The Bertz CT molecular complexity index is 556. The van der Waals surface area contributed by atoms with Crippen molar-refractivity contribution < 1.29 is 18.1 Å². The third kappa shape index (κ3) is 5.12. The van der Waals surface area contributed by atoms with Gasteiger partial charge >= 0.3 is 5.69 Å². The van der Waals surface area contributed by atoms with Gasteiger partial charge in [0.05, 0.1) is 17.3 Å². The molecule has 0 heterocycles. The topological polar surface area (TPSA) is 98.5 Å². The fourth-order valence-electron chi connectivity index (χ4n) is 1.43. The molecule has 1 aromatic carbocycles. The molecule has 8 heteroatoms. The van der Waals surface area contributed by atoms with E-state index >= 15 is 0 Å². The second-order valence-electron chi connectivity index (χ2n) is 3.93. The lowest BCUT2D eigenvalue weighted by Crippen LogP contribution is -2.14. The van der Waals surface area contributed by atoms with Crippen LogP contribution < -0.4 is 10.1 Å². The monoisotopic (exact) mass is 288 g/mol. The Morgan fingerprint density at radius 3 is 2.63 bits per heavy atom. The summed E-state index contributed by atoms with van der Waals surface area (Å²) < 4.78 is 27.1. The second kappa shape index (κ2) is 6.37. The Morgan fingerprint density at radius 1 is 1.42 bits per heavy atom. The maximum atomic E-state index is 11.0. The Morgan fingerprint density at radius 2 is 2.11 bits per heavy atom. The molecule has 0 bridgehead atoms. The minimum Gasteiger partial charge on any atom is -0.487 e. The van der Waals surface area contributed by atoms with Gasteiger partial charge in [-0.3, -0.25) is 10.1 Å². The van der Waals surface area contributed by atoms with E-state index in [-0.39, 0.29) is 23.7 Å². The highest BCUT2D eigenvalue weighted by Gasteiger charge is 2.15. The summed E-state index contributed by atoms with van der Waals surface area (Å²) in [6.45, 7) is 2.28. The number of nitro benzene ring substituents is 1. The Labute approximate surface area is 111 Å². The first kappa shape index (κ1) is 15.2. The van der Waals surface area contributed by atoms with Gasteiger partial charge in [0.25, 0.3) is 0 Å². The molecule has 0 amide bonds. The Balaban J connectivity index is 2.81. The summed E-state index contributed by atoms with van der Waals surface area (Å²) in [7, 11) is -3.04. The van der Waals surface area contributed by atoms with Crippen molar-refractivity contribution in [3.05, 3.63) is 28.3 Å². The maximum absolute atomic E-state index is 11.0. The summed E-state index contributed by atoms with van der Waals surface area (Å²) in [5.41, 5.74) is 0.466. The van der Waals surface area contributed by atoms with E-state index in [0.717, 1.165) is 6.26 Å². The van der Waals surface area contributed by atoms with Gasteiger partial charge in [-0.25, -0.2) is 8.42 Å². The van der Waals surface area contributed by atoms with Gasteiger partial charge in [0, 0.05) is 30.6 Å². The van der Waals surface area contributed by atoms with Crippen molar-refractivity contribution in [3.63, 3.8) is 0 Å². The van der Waals surface area contributed by atoms with Crippen LogP contribution in [0.2, 0.25) is 0 Å². The van der Waals surface area contributed by atoms with E-state index in [1.54, 1.807) is 6.92 Å². The zero-order chi connectivity index (χ0) is 14.5. The van der Waals surface area contributed by atoms with E-state index in [0.29, 0.717) is 12.3 Å². The number of benzene rings is 1. The van der Waals surface area contributed by atoms with Crippen LogP contribution in [-0.2, 0) is 9.84 Å². The van der Waals surface area contributed by atoms with Crippen molar-refractivity contribution in [1.82, 2.24) is 0 Å². The van der Waals surface area contributed by atoms with Gasteiger partial charge in [-0.2, -0.15) is 0 Å². The number of hydrogen-bond acceptors (Lipinski definition) is 6. The van der Waals surface area contributed by atoms with Crippen LogP contribution >= 0.6 is 0 Å². The summed E-state index contributed by atoms with van der Waals surface area (Å²) in [5, 5.41) is 13.7. The molecule has 7 nitrogen and oxygen atoms in total. The minimum absolute atomic E-state index is 0.00600.